The Morgan fingerprint density at radius 2 is 1.81 bits per heavy atom. The average molecular weight is 286 g/mol. The van der Waals surface area contributed by atoms with E-state index in [0.717, 1.165) is 19.0 Å². The minimum absolute atomic E-state index is 0.856. The van der Waals surface area contributed by atoms with Crippen LogP contribution < -0.4 is 5.32 Å². The first-order valence-electron chi connectivity index (χ1n) is 8.42. The summed E-state index contributed by atoms with van der Waals surface area (Å²) >= 11 is 0. The van der Waals surface area contributed by atoms with Gasteiger partial charge in [-0.1, -0.05) is 57.7 Å². The van der Waals surface area contributed by atoms with Crippen LogP contribution in [0.4, 0.5) is 0 Å². The number of para-hydroxylation sites is 1. The van der Waals surface area contributed by atoms with Gasteiger partial charge in [0.15, 0.2) is 0 Å². The van der Waals surface area contributed by atoms with Crippen molar-refractivity contribution in [3.05, 3.63) is 36.0 Å². The van der Waals surface area contributed by atoms with E-state index >= 15 is 0 Å². The van der Waals surface area contributed by atoms with E-state index in [9.17, 15) is 0 Å². The van der Waals surface area contributed by atoms with Crippen molar-refractivity contribution in [3.8, 4) is 0 Å². The van der Waals surface area contributed by atoms with Gasteiger partial charge in [-0.2, -0.15) is 0 Å². The number of nitrogens with zero attached hydrogens (tertiary/aromatic N) is 1. The monoisotopic (exact) mass is 286 g/mol. The van der Waals surface area contributed by atoms with Crippen LogP contribution in [-0.4, -0.2) is 11.1 Å². The van der Waals surface area contributed by atoms with Gasteiger partial charge in [-0.3, -0.25) is 0 Å². The van der Waals surface area contributed by atoms with Crippen molar-refractivity contribution >= 4 is 10.9 Å². The first-order chi connectivity index (χ1) is 10.2. The molecule has 2 heteroatoms. The lowest BCUT2D eigenvalue weighted by Crippen LogP contribution is -2.14. The van der Waals surface area contributed by atoms with E-state index in [2.05, 4.69) is 61.2 Å². The zero-order valence-electron chi connectivity index (χ0n) is 13.9. The fourth-order valence-corrected chi connectivity index (χ4v) is 2.95. The van der Waals surface area contributed by atoms with Crippen molar-refractivity contribution in [2.45, 2.75) is 52.5 Å². The van der Waals surface area contributed by atoms with Crippen LogP contribution in [0.25, 0.3) is 10.9 Å². The van der Waals surface area contributed by atoms with E-state index < -0.39 is 0 Å². The number of aromatic nitrogens is 1. The van der Waals surface area contributed by atoms with Gasteiger partial charge in [-0.05, 0) is 30.5 Å². The molecule has 116 valence electrons. The molecule has 1 N–H and O–H groups in total. The minimum atomic E-state index is 0.856. The number of hydrogen-bond acceptors (Lipinski definition) is 1. The van der Waals surface area contributed by atoms with Crippen LogP contribution in [-0.2, 0) is 13.6 Å². The Morgan fingerprint density at radius 3 is 2.62 bits per heavy atom. The quantitative estimate of drug-likeness (QED) is 0.650. The molecule has 0 aliphatic carbocycles. The van der Waals surface area contributed by atoms with Crippen molar-refractivity contribution in [3.63, 3.8) is 0 Å². The lowest BCUT2D eigenvalue weighted by atomic mass is 10.0. The average Bonchev–Trinajstić information content (AvgIpc) is 2.79. The van der Waals surface area contributed by atoms with E-state index in [-0.39, 0.29) is 0 Å². The molecule has 2 nitrogen and oxygen atoms in total. The molecule has 0 radical (unpaired) electrons. The number of fused-ring (bicyclic) bond motifs is 1. The molecule has 21 heavy (non-hydrogen) atoms. The van der Waals surface area contributed by atoms with Crippen LogP contribution in [0.1, 0.15) is 51.5 Å². The predicted molar refractivity (Wildman–Crippen MR) is 92.5 cm³/mol. The second kappa shape index (κ2) is 8.23. The summed E-state index contributed by atoms with van der Waals surface area (Å²) in [5.74, 6) is 0.856. The molecule has 2 rings (SSSR count). The Morgan fingerprint density at radius 1 is 1.05 bits per heavy atom. The van der Waals surface area contributed by atoms with Crippen LogP contribution >= 0.6 is 0 Å². The highest BCUT2D eigenvalue weighted by Gasteiger charge is 2.04. The summed E-state index contributed by atoms with van der Waals surface area (Å²) < 4.78 is 2.22. The first-order valence-corrected chi connectivity index (χ1v) is 8.42. The summed E-state index contributed by atoms with van der Waals surface area (Å²) in [6.45, 7) is 6.73. The largest absolute Gasteiger partial charge is 0.350 e. The lowest BCUT2D eigenvalue weighted by molar-refractivity contribution is 0.512. The van der Waals surface area contributed by atoms with Crippen LogP contribution in [0, 0.1) is 5.92 Å². The Hall–Kier alpha value is -1.28. The zero-order valence-corrected chi connectivity index (χ0v) is 13.9. The van der Waals surface area contributed by atoms with Gasteiger partial charge in [0.25, 0.3) is 0 Å². The SMILES string of the molecule is CC(C)CCCCCCNCc1cn(C)c2ccccc12. The molecule has 0 saturated carbocycles. The Labute approximate surface area is 129 Å². The van der Waals surface area contributed by atoms with Gasteiger partial charge in [0.2, 0.25) is 0 Å². The van der Waals surface area contributed by atoms with E-state index in [1.54, 1.807) is 0 Å². The third kappa shape index (κ3) is 4.89. The molecule has 1 heterocycles. The second-order valence-electron chi connectivity index (χ2n) is 6.56. The van der Waals surface area contributed by atoms with Gasteiger partial charge >= 0.3 is 0 Å². The van der Waals surface area contributed by atoms with Gasteiger partial charge in [-0.25, -0.2) is 0 Å². The molecule has 1 aromatic carbocycles. The van der Waals surface area contributed by atoms with E-state index in [4.69, 9.17) is 0 Å². The van der Waals surface area contributed by atoms with Gasteiger partial charge in [0.1, 0.15) is 0 Å². The molecular formula is C19H30N2. The van der Waals surface area contributed by atoms with Crippen molar-refractivity contribution in [2.75, 3.05) is 6.54 Å². The van der Waals surface area contributed by atoms with E-state index in [1.807, 2.05) is 0 Å². The maximum absolute atomic E-state index is 3.59. The predicted octanol–water partition coefficient (Wildman–Crippen LogP) is 4.87. The van der Waals surface area contributed by atoms with E-state index in [0.29, 0.717) is 0 Å². The molecule has 0 amide bonds. The van der Waals surface area contributed by atoms with Crippen molar-refractivity contribution in [1.29, 1.82) is 0 Å². The maximum Gasteiger partial charge on any atom is 0.0481 e. The number of benzene rings is 1. The van der Waals surface area contributed by atoms with Gasteiger partial charge in [0.05, 0.1) is 0 Å². The molecule has 1 aromatic heterocycles. The van der Waals surface area contributed by atoms with Crippen molar-refractivity contribution < 1.29 is 0 Å². The summed E-state index contributed by atoms with van der Waals surface area (Å²) in [6, 6.07) is 8.64. The number of hydrogen-bond donors (Lipinski definition) is 1. The van der Waals surface area contributed by atoms with Crippen molar-refractivity contribution in [1.82, 2.24) is 9.88 Å². The summed E-state index contributed by atoms with van der Waals surface area (Å²) in [4.78, 5) is 0. The van der Waals surface area contributed by atoms with Gasteiger partial charge < -0.3 is 9.88 Å². The number of nitrogens with one attached hydrogen (secondary N) is 1. The maximum atomic E-state index is 3.59. The molecular weight excluding hydrogens is 256 g/mol. The van der Waals surface area contributed by atoms with Crippen LogP contribution in [0.5, 0.6) is 0 Å². The smallest absolute Gasteiger partial charge is 0.0481 e. The van der Waals surface area contributed by atoms with E-state index in [1.165, 1.54) is 48.6 Å². The summed E-state index contributed by atoms with van der Waals surface area (Å²) in [7, 11) is 2.13. The minimum Gasteiger partial charge on any atom is -0.350 e. The normalized spacial score (nSPS) is 11.6. The molecule has 0 atom stereocenters. The number of aryl methyl sites for hydroxylation is 1. The fraction of sp³-hybridized carbons (Fsp3) is 0.579. The molecule has 0 spiro atoms. The van der Waals surface area contributed by atoms with Crippen LogP contribution in [0.15, 0.2) is 30.5 Å². The van der Waals surface area contributed by atoms with Crippen LogP contribution in [0.2, 0.25) is 0 Å². The fourth-order valence-electron chi connectivity index (χ4n) is 2.95. The Bertz CT molecular complexity index is 539. The molecule has 2 aromatic rings. The summed E-state index contributed by atoms with van der Waals surface area (Å²) in [5.41, 5.74) is 2.73. The van der Waals surface area contributed by atoms with Gasteiger partial charge in [0, 0.05) is 30.7 Å². The standard InChI is InChI=1S/C19H30N2/c1-16(2)10-6-4-5-9-13-20-14-17-15-21(3)19-12-8-7-11-18(17)19/h7-8,11-12,15-16,20H,4-6,9-10,13-14H2,1-3H3. The van der Waals surface area contributed by atoms with Crippen LogP contribution in [0.3, 0.4) is 0 Å². The third-order valence-electron chi connectivity index (χ3n) is 4.18. The first kappa shape index (κ1) is 16.1. The van der Waals surface area contributed by atoms with Gasteiger partial charge in [-0.15, -0.1) is 0 Å². The topological polar surface area (TPSA) is 17.0 Å². The Kier molecular flexibility index (Phi) is 6.31. The number of rotatable bonds is 9. The summed E-state index contributed by atoms with van der Waals surface area (Å²) in [6.07, 6.45) is 9.05. The molecule has 0 aliphatic rings. The molecule has 0 saturated heterocycles. The molecule has 0 bridgehead atoms. The highest BCUT2D eigenvalue weighted by Crippen LogP contribution is 2.19. The highest BCUT2D eigenvalue weighted by molar-refractivity contribution is 5.83. The lowest BCUT2D eigenvalue weighted by Gasteiger charge is -2.05. The third-order valence-corrected chi connectivity index (χ3v) is 4.18. The molecule has 0 aliphatic heterocycles. The van der Waals surface area contributed by atoms with Crippen molar-refractivity contribution in [2.24, 2.45) is 13.0 Å². The zero-order chi connectivity index (χ0) is 15.1. The Balaban J connectivity index is 1.66. The molecule has 0 unspecified atom stereocenters. The summed E-state index contributed by atoms with van der Waals surface area (Å²) in [5, 5.41) is 4.97. The molecule has 0 fully saturated rings. The number of unbranched alkanes of at least 4 members (excludes halogenated alkanes) is 3. The second-order valence-corrected chi connectivity index (χ2v) is 6.56. The highest BCUT2D eigenvalue weighted by atomic mass is 14.9.